The second-order valence-corrected chi connectivity index (χ2v) is 12.9. The van der Waals surface area contributed by atoms with Gasteiger partial charge in [0.1, 0.15) is 5.65 Å². The summed E-state index contributed by atoms with van der Waals surface area (Å²) >= 11 is 0. The van der Waals surface area contributed by atoms with E-state index in [9.17, 15) is 0 Å². The molecule has 0 amide bonds. The average Bonchev–Trinajstić information content (AvgIpc) is 3.36. The number of fused-ring (bicyclic) bond motifs is 1. The summed E-state index contributed by atoms with van der Waals surface area (Å²) in [6, 6.07) is 16.7. The van der Waals surface area contributed by atoms with E-state index in [0.717, 1.165) is 25.0 Å². The number of nitrogens with zero attached hydrogens (tertiary/aromatic N) is 4. The van der Waals surface area contributed by atoms with Crippen molar-refractivity contribution >= 4 is 5.65 Å². The summed E-state index contributed by atoms with van der Waals surface area (Å²) < 4.78 is 4.26. The number of aromatic nitrogens is 4. The van der Waals surface area contributed by atoms with Gasteiger partial charge in [-0.25, -0.2) is 9.97 Å². The summed E-state index contributed by atoms with van der Waals surface area (Å²) in [6.07, 6.45) is 11.9. The first-order chi connectivity index (χ1) is 16.2. The number of benzene rings is 1. The van der Waals surface area contributed by atoms with Crippen LogP contribution in [0.3, 0.4) is 0 Å². The van der Waals surface area contributed by atoms with Crippen LogP contribution in [0.15, 0.2) is 79.6 Å². The zero-order chi connectivity index (χ0) is 26.1. The summed E-state index contributed by atoms with van der Waals surface area (Å²) in [5.74, 6) is 0. The van der Waals surface area contributed by atoms with Crippen molar-refractivity contribution < 1.29 is 0 Å². The summed E-state index contributed by atoms with van der Waals surface area (Å²) in [5.41, 5.74) is 4.81. The molecule has 0 saturated heterocycles. The smallest absolute Gasteiger partial charge is 0.136 e. The van der Waals surface area contributed by atoms with Crippen molar-refractivity contribution in [3.8, 4) is 0 Å². The second kappa shape index (κ2) is 14.8. The highest BCUT2D eigenvalue weighted by molar-refractivity contribution is 5.39. The third-order valence-corrected chi connectivity index (χ3v) is 5.00. The van der Waals surface area contributed by atoms with E-state index in [1.54, 1.807) is 0 Å². The maximum Gasteiger partial charge on any atom is 0.136 e. The molecule has 0 N–H and O–H groups in total. The van der Waals surface area contributed by atoms with E-state index < -0.39 is 0 Å². The van der Waals surface area contributed by atoms with E-state index >= 15 is 0 Å². The molecule has 0 unspecified atom stereocenters. The van der Waals surface area contributed by atoms with Gasteiger partial charge in [-0.1, -0.05) is 114 Å². The Labute approximate surface area is 228 Å². The van der Waals surface area contributed by atoms with Gasteiger partial charge in [0, 0.05) is 37.0 Å². The van der Waals surface area contributed by atoms with Gasteiger partial charge >= 0.3 is 0 Å². The molecule has 3 heterocycles. The number of hydrogen-bond acceptors (Lipinski definition) is 2. The standard InChI is InChI=1S/C12H16N2.C11H16.C8H14N2.2CH4/c1-12(2,3)8-10-9-13-11-6-4-5-7-14(10)11;1-11(2,3)9-10-7-5-4-6-8-10;1-8(2,3)6-10-5-4-9-7-10;;/h4-7,9H,8H2,1-3H3;4-8H,9H2,1-3H3;4-5,7H,6H2,1-3H3;2*1H4. The zero-order valence-electron chi connectivity index (χ0n) is 23.4. The Morgan fingerprint density at radius 1 is 0.676 bits per heavy atom. The monoisotopic (exact) mass is 506 g/mol. The van der Waals surface area contributed by atoms with Crippen molar-refractivity contribution in [2.24, 2.45) is 16.2 Å². The Kier molecular flexibility index (Phi) is 13.6. The van der Waals surface area contributed by atoms with E-state index in [4.69, 9.17) is 0 Å². The zero-order valence-corrected chi connectivity index (χ0v) is 23.4. The van der Waals surface area contributed by atoms with Gasteiger partial charge in [0.25, 0.3) is 0 Å². The predicted molar refractivity (Wildman–Crippen MR) is 163 cm³/mol. The topological polar surface area (TPSA) is 35.1 Å². The lowest BCUT2D eigenvalue weighted by molar-refractivity contribution is 0.343. The maximum absolute atomic E-state index is 4.37. The fourth-order valence-corrected chi connectivity index (χ4v) is 3.80. The minimum atomic E-state index is 0. The lowest BCUT2D eigenvalue weighted by atomic mass is 9.88. The van der Waals surface area contributed by atoms with Gasteiger partial charge in [0.05, 0.1) is 6.33 Å². The molecule has 0 fully saturated rings. The van der Waals surface area contributed by atoms with Gasteiger partial charge < -0.3 is 8.97 Å². The molecule has 0 aliphatic rings. The highest BCUT2D eigenvalue weighted by atomic mass is 15.0. The average molecular weight is 507 g/mol. The Morgan fingerprint density at radius 2 is 1.27 bits per heavy atom. The molecule has 3 aromatic heterocycles. The van der Waals surface area contributed by atoms with Crippen LogP contribution in [0.25, 0.3) is 5.65 Å². The molecule has 37 heavy (non-hydrogen) atoms. The van der Waals surface area contributed by atoms with Gasteiger partial charge in [-0.3, -0.25) is 0 Å². The van der Waals surface area contributed by atoms with Crippen LogP contribution in [0, 0.1) is 16.2 Å². The van der Waals surface area contributed by atoms with Crippen LogP contribution >= 0.6 is 0 Å². The number of rotatable bonds is 3. The molecule has 206 valence electrons. The van der Waals surface area contributed by atoms with Crippen LogP contribution in [0.2, 0.25) is 0 Å². The molecule has 0 atom stereocenters. The molecule has 4 aromatic rings. The molecule has 0 spiro atoms. The van der Waals surface area contributed by atoms with Gasteiger partial charge in [0.2, 0.25) is 0 Å². The third kappa shape index (κ3) is 14.4. The van der Waals surface area contributed by atoms with Gasteiger partial charge in [-0.15, -0.1) is 0 Å². The van der Waals surface area contributed by atoms with Crippen molar-refractivity contribution in [3.63, 3.8) is 0 Å². The predicted octanol–water partition coefficient (Wildman–Crippen LogP) is 9.40. The lowest BCUT2D eigenvalue weighted by Gasteiger charge is -2.17. The van der Waals surface area contributed by atoms with E-state index in [2.05, 4.69) is 118 Å². The SMILES string of the molecule is C.C.CC(C)(C)Cc1ccccc1.CC(C)(C)Cc1cnc2ccccn12.CC(C)(C)Cn1ccnc1. The Hall–Kier alpha value is -2.88. The number of imidazole rings is 2. The summed E-state index contributed by atoms with van der Waals surface area (Å²) in [6.45, 7) is 21.2. The molecular formula is C33H54N4. The molecule has 0 aliphatic heterocycles. The Balaban J connectivity index is 0.000000520. The van der Waals surface area contributed by atoms with Crippen molar-refractivity contribution in [1.29, 1.82) is 0 Å². The van der Waals surface area contributed by atoms with Crippen LogP contribution in [-0.2, 0) is 19.4 Å². The van der Waals surface area contributed by atoms with Crippen LogP contribution in [0.5, 0.6) is 0 Å². The van der Waals surface area contributed by atoms with Gasteiger partial charge in [-0.05, 0) is 46.8 Å². The van der Waals surface area contributed by atoms with Gasteiger partial charge in [-0.2, -0.15) is 0 Å². The summed E-state index contributed by atoms with van der Waals surface area (Å²) in [5, 5.41) is 0. The molecule has 1 aromatic carbocycles. The lowest BCUT2D eigenvalue weighted by Crippen LogP contribution is -2.13. The second-order valence-electron chi connectivity index (χ2n) is 12.9. The minimum absolute atomic E-state index is 0. The highest BCUT2D eigenvalue weighted by Gasteiger charge is 2.14. The van der Waals surface area contributed by atoms with Gasteiger partial charge in [0.15, 0.2) is 0 Å². The van der Waals surface area contributed by atoms with E-state index in [0.29, 0.717) is 16.2 Å². The van der Waals surface area contributed by atoms with E-state index in [1.165, 1.54) is 11.3 Å². The van der Waals surface area contributed by atoms with Crippen molar-refractivity contribution in [3.05, 3.63) is 90.9 Å². The van der Waals surface area contributed by atoms with Crippen molar-refractivity contribution in [2.45, 2.75) is 96.6 Å². The van der Waals surface area contributed by atoms with Crippen molar-refractivity contribution in [1.82, 2.24) is 18.9 Å². The first kappa shape index (κ1) is 34.1. The molecule has 0 bridgehead atoms. The Bertz CT molecular complexity index is 1100. The quantitative estimate of drug-likeness (QED) is 0.277. The number of pyridine rings is 1. The first-order valence-electron chi connectivity index (χ1n) is 12.6. The summed E-state index contributed by atoms with van der Waals surface area (Å²) in [7, 11) is 0. The van der Waals surface area contributed by atoms with E-state index in [1.807, 2.05) is 43.1 Å². The van der Waals surface area contributed by atoms with Crippen LogP contribution in [0.1, 0.15) is 88.4 Å². The van der Waals surface area contributed by atoms with Crippen molar-refractivity contribution in [2.75, 3.05) is 0 Å². The fourth-order valence-electron chi connectivity index (χ4n) is 3.80. The highest BCUT2D eigenvalue weighted by Crippen LogP contribution is 2.21. The third-order valence-electron chi connectivity index (χ3n) is 5.00. The molecule has 0 saturated carbocycles. The molecule has 4 rings (SSSR count). The molecular weight excluding hydrogens is 452 g/mol. The van der Waals surface area contributed by atoms with Crippen LogP contribution < -0.4 is 0 Å². The number of hydrogen-bond donors (Lipinski definition) is 0. The molecule has 0 radical (unpaired) electrons. The first-order valence-corrected chi connectivity index (χ1v) is 12.6. The normalized spacial score (nSPS) is 11.3. The molecule has 0 aliphatic carbocycles. The Morgan fingerprint density at radius 3 is 1.78 bits per heavy atom. The van der Waals surface area contributed by atoms with E-state index in [-0.39, 0.29) is 14.9 Å². The summed E-state index contributed by atoms with van der Waals surface area (Å²) in [4.78, 5) is 8.34. The molecule has 4 nitrogen and oxygen atoms in total. The fraction of sp³-hybridized carbons (Fsp3) is 0.515. The van der Waals surface area contributed by atoms with Crippen LogP contribution in [0.4, 0.5) is 0 Å². The maximum atomic E-state index is 4.37. The molecule has 4 heteroatoms. The largest absolute Gasteiger partial charge is 0.337 e. The minimum Gasteiger partial charge on any atom is -0.337 e. The van der Waals surface area contributed by atoms with Crippen LogP contribution in [-0.4, -0.2) is 18.9 Å².